The van der Waals surface area contributed by atoms with Crippen LogP contribution in [0.15, 0.2) is 58.0 Å². The molecule has 1 rings (SSSR count). The minimum absolute atomic E-state index is 0.0108. The van der Waals surface area contributed by atoms with Gasteiger partial charge in [0.25, 0.3) is 5.92 Å². The van der Waals surface area contributed by atoms with Crippen molar-refractivity contribution in [2.24, 2.45) is 5.92 Å². The number of alkyl halides is 6. The molecule has 0 fully saturated rings. The number of hydrogen-bond acceptors (Lipinski definition) is 2. The zero-order valence-electron chi connectivity index (χ0n) is 21.2. The highest BCUT2D eigenvalue weighted by molar-refractivity contribution is 8.04. The third-order valence-electron chi connectivity index (χ3n) is 6.09. The Morgan fingerprint density at radius 1 is 1.14 bits per heavy atom. The Morgan fingerprint density at radius 3 is 2.25 bits per heavy atom. The largest absolute Gasteiger partial charge is 0.413 e. The van der Waals surface area contributed by atoms with Gasteiger partial charge >= 0.3 is 6.18 Å². The van der Waals surface area contributed by atoms with E-state index in [4.69, 9.17) is 0 Å². The summed E-state index contributed by atoms with van der Waals surface area (Å²) in [7, 11) is 0. The standard InChI is InChI=1S/C26H34F7NOS/c1-6-18(25(29,30)16-27)14-22(28)23(8-3)34(17-35)15-19(7-2)24(4,5)36-21-12-10-9-11-20(13-21)26(31,32)33/h9-10,12-14,17,19H,6-8,11,15-16H2,1-5H3/b18-14+,23-22-. The minimum atomic E-state index is -4.46. The molecule has 0 bridgehead atoms. The lowest BCUT2D eigenvalue weighted by atomic mass is 9.91. The van der Waals surface area contributed by atoms with E-state index in [1.54, 1.807) is 19.1 Å². The second kappa shape index (κ2) is 13.5. The number of amides is 1. The van der Waals surface area contributed by atoms with E-state index in [2.05, 4.69) is 0 Å². The molecule has 0 spiro atoms. The van der Waals surface area contributed by atoms with Crippen LogP contribution >= 0.6 is 11.8 Å². The van der Waals surface area contributed by atoms with E-state index in [1.807, 2.05) is 20.8 Å². The molecule has 0 aromatic heterocycles. The van der Waals surface area contributed by atoms with Gasteiger partial charge in [-0.1, -0.05) is 53.2 Å². The van der Waals surface area contributed by atoms with Crippen molar-refractivity contribution in [2.45, 2.75) is 77.1 Å². The maximum Gasteiger partial charge on any atom is 0.413 e. The lowest BCUT2D eigenvalue weighted by Crippen LogP contribution is -2.38. The van der Waals surface area contributed by atoms with Gasteiger partial charge < -0.3 is 4.90 Å². The summed E-state index contributed by atoms with van der Waals surface area (Å²) in [4.78, 5) is 13.4. The van der Waals surface area contributed by atoms with Crippen LogP contribution in [0.1, 0.15) is 60.3 Å². The summed E-state index contributed by atoms with van der Waals surface area (Å²) < 4.78 is 94.6. The molecule has 0 N–H and O–H groups in total. The Bertz CT molecular complexity index is 914. The first kappa shape index (κ1) is 32.1. The van der Waals surface area contributed by atoms with Crippen LogP contribution in [0.25, 0.3) is 0 Å². The number of hydrogen-bond donors (Lipinski definition) is 0. The fourth-order valence-electron chi connectivity index (χ4n) is 3.88. The van der Waals surface area contributed by atoms with Crippen LogP contribution < -0.4 is 0 Å². The minimum Gasteiger partial charge on any atom is -0.316 e. The molecule has 0 heterocycles. The van der Waals surface area contributed by atoms with Gasteiger partial charge in [0.05, 0.1) is 5.70 Å². The molecule has 1 amide bonds. The van der Waals surface area contributed by atoms with Crippen LogP contribution in [0.5, 0.6) is 0 Å². The molecule has 10 heteroatoms. The maximum atomic E-state index is 15.0. The molecule has 0 aromatic rings. The number of allylic oxidation sites excluding steroid dienone is 9. The first-order chi connectivity index (χ1) is 16.7. The van der Waals surface area contributed by atoms with Crippen molar-refractivity contribution in [3.63, 3.8) is 0 Å². The number of halogens is 7. The molecular formula is C26H34F7NOS. The zero-order chi connectivity index (χ0) is 27.7. The second-order valence-electron chi connectivity index (χ2n) is 8.95. The van der Waals surface area contributed by atoms with Crippen LogP contribution in [0, 0.1) is 5.92 Å². The Hall–Kier alpha value is -1.97. The molecular weight excluding hydrogens is 507 g/mol. The van der Waals surface area contributed by atoms with Crippen LogP contribution in [0.3, 0.4) is 0 Å². The van der Waals surface area contributed by atoms with Gasteiger partial charge in [0.1, 0.15) is 5.83 Å². The van der Waals surface area contributed by atoms with Gasteiger partial charge in [-0.3, -0.25) is 4.79 Å². The fraction of sp³-hybridized carbons (Fsp3) is 0.577. The Morgan fingerprint density at radius 2 is 1.78 bits per heavy atom. The molecule has 0 aromatic carbocycles. The van der Waals surface area contributed by atoms with Crippen molar-refractivity contribution in [3.8, 4) is 0 Å². The topological polar surface area (TPSA) is 20.3 Å². The molecule has 36 heavy (non-hydrogen) atoms. The molecule has 0 radical (unpaired) electrons. The summed E-state index contributed by atoms with van der Waals surface area (Å²) in [6.45, 7) is 6.47. The molecule has 0 aliphatic heterocycles. The first-order valence-electron chi connectivity index (χ1n) is 11.8. The summed E-state index contributed by atoms with van der Waals surface area (Å²) in [5, 5.41) is 0. The third-order valence-corrected chi connectivity index (χ3v) is 7.44. The Balaban J connectivity index is 3.28. The van der Waals surface area contributed by atoms with Crippen LogP contribution in [-0.4, -0.2) is 41.4 Å². The van der Waals surface area contributed by atoms with Crippen molar-refractivity contribution in [3.05, 3.63) is 58.0 Å². The van der Waals surface area contributed by atoms with Crippen molar-refractivity contribution in [1.82, 2.24) is 4.90 Å². The van der Waals surface area contributed by atoms with Crippen LogP contribution in [0.4, 0.5) is 30.7 Å². The summed E-state index contributed by atoms with van der Waals surface area (Å²) in [6, 6.07) is 0. The predicted octanol–water partition coefficient (Wildman–Crippen LogP) is 8.85. The summed E-state index contributed by atoms with van der Waals surface area (Å²) >= 11 is 1.22. The average Bonchev–Trinajstić information content (AvgIpc) is 3.04. The van der Waals surface area contributed by atoms with Crippen LogP contribution in [-0.2, 0) is 4.79 Å². The summed E-state index contributed by atoms with van der Waals surface area (Å²) in [6.07, 6.45) is 2.23. The smallest absolute Gasteiger partial charge is 0.316 e. The molecule has 1 aliphatic rings. The van der Waals surface area contributed by atoms with Gasteiger partial charge in [0.2, 0.25) is 6.41 Å². The van der Waals surface area contributed by atoms with Crippen molar-refractivity contribution >= 4 is 18.2 Å². The van der Waals surface area contributed by atoms with Gasteiger partial charge in [-0.05, 0) is 43.4 Å². The first-order valence-corrected chi connectivity index (χ1v) is 12.6. The highest BCUT2D eigenvalue weighted by Crippen LogP contribution is 2.43. The SMILES string of the molecule is CC/C(=C(F)\C=C(/CC)C(F)(F)CF)N(C=O)CC(CC)C(C)(C)SC1=CC=CCC(C(F)(F)F)=C1. The van der Waals surface area contributed by atoms with Crippen molar-refractivity contribution < 1.29 is 35.5 Å². The molecule has 0 saturated carbocycles. The van der Waals surface area contributed by atoms with E-state index in [-0.39, 0.29) is 37.4 Å². The van der Waals surface area contributed by atoms with E-state index in [0.717, 1.165) is 11.0 Å². The zero-order valence-corrected chi connectivity index (χ0v) is 22.0. The lowest BCUT2D eigenvalue weighted by Gasteiger charge is -2.37. The van der Waals surface area contributed by atoms with Gasteiger partial charge in [-0.25, -0.2) is 8.78 Å². The average molecular weight is 542 g/mol. The van der Waals surface area contributed by atoms with Gasteiger partial charge in [0, 0.05) is 27.3 Å². The number of nitrogens with zero attached hydrogens (tertiary/aromatic N) is 1. The van der Waals surface area contributed by atoms with Gasteiger partial charge in [0.15, 0.2) is 6.67 Å². The number of carbonyl (C=O) groups excluding carboxylic acids is 1. The normalized spacial score (nSPS) is 17.2. The van der Waals surface area contributed by atoms with Gasteiger partial charge in [-0.15, -0.1) is 11.8 Å². The van der Waals surface area contributed by atoms with E-state index in [0.29, 0.717) is 23.8 Å². The lowest BCUT2D eigenvalue weighted by molar-refractivity contribution is -0.117. The monoisotopic (exact) mass is 541 g/mol. The predicted molar refractivity (Wildman–Crippen MR) is 132 cm³/mol. The molecule has 204 valence electrons. The number of thioether (sulfide) groups is 1. The third kappa shape index (κ3) is 8.85. The highest BCUT2D eigenvalue weighted by atomic mass is 32.2. The highest BCUT2D eigenvalue weighted by Gasteiger charge is 2.36. The molecule has 0 saturated heterocycles. The maximum absolute atomic E-state index is 15.0. The van der Waals surface area contributed by atoms with Crippen molar-refractivity contribution in [2.75, 3.05) is 13.2 Å². The summed E-state index contributed by atoms with van der Waals surface area (Å²) in [5.74, 6) is -5.16. The van der Waals surface area contributed by atoms with Crippen LogP contribution in [0.2, 0.25) is 0 Å². The van der Waals surface area contributed by atoms with E-state index >= 15 is 4.39 Å². The molecule has 1 atom stereocenters. The summed E-state index contributed by atoms with van der Waals surface area (Å²) in [5.41, 5.74) is -1.51. The van der Waals surface area contributed by atoms with Gasteiger partial charge in [-0.2, -0.15) is 22.0 Å². The van der Waals surface area contributed by atoms with E-state index in [1.165, 1.54) is 24.8 Å². The number of rotatable bonds is 13. The number of carbonyl (C=O) groups is 1. The second-order valence-corrected chi connectivity index (χ2v) is 10.7. The Labute approximate surface area is 213 Å². The quantitative estimate of drug-likeness (QED) is 0.132. The molecule has 1 aliphatic carbocycles. The van der Waals surface area contributed by atoms with Crippen molar-refractivity contribution in [1.29, 1.82) is 0 Å². The molecule has 2 nitrogen and oxygen atoms in total. The molecule has 1 unspecified atom stereocenters. The van der Waals surface area contributed by atoms with E-state index in [9.17, 15) is 31.1 Å². The Kier molecular flexibility index (Phi) is 12.1. The fourth-order valence-corrected chi connectivity index (χ4v) is 5.24. The van der Waals surface area contributed by atoms with E-state index < -0.39 is 40.5 Å².